The molecular weight excluding hydrogens is 380 g/mol. The molecule has 0 aliphatic carbocycles. The monoisotopic (exact) mass is 403 g/mol. The van der Waals surface area contributed by atoms with Crippen molar-refractivity contribution in [1.82, 2.24) is 9.80 Å². The third-order valence-electron chi connectivity index (χ3n) is 5.02. The molecule has 1 N–H and O–H groups in total. The van der Waals surface area contributed by atoms with Gasteiger partial charge in [0.25, 0.3) is 0 Å². The highest BCUT2D eigenvalue weighted by Crippen LogP contribution is 2.33. The number of anilines is 1. The Kier molecular flexibility index (Phi) is 5.42. The summed E-state index contributed by atoms with van der Waals surface area (Å²) >= 11 is 0. The van der Waals surface area contributed by atoms with Crippen molar-refractivity contribution in [2.24, 2.45) is 0 Å². The van der Waals surface area contributed by atoms with Crippen LogP contribution < -0.4 is 5.32 Å². The van der Waals surface area contributed by atoms with Crippen LogP contribution in [-0.4, -0.2) is 80.7 Å². The van der Waals surface area contributed by atoms with Crippen molar-refractivity contribution in [2.75, 3.05) is 50.9 Å². The lowest BCUT2D eigenvalue weighted by Gasteiger charge is -2.52. The van der Waals surface area contributed by atoms with Gasteiger partial charge in [-0.15, -0.1) is 0 Å². The molecule has 2 aliphatic heterocycles. The fraction of sp³-hybridized carbons (Fsp3) is 0.588. The van der Waals surface area contributed by atoms with Crippen LogP contribution in [0.2, 0.25) is 0 Å². The first-order valence-electron chi connectivity index (χ1n) is 8.69. The number of benzene rings is 1. The van der Waals surface area contributed by atoms with Crippen molar-refractivity contribution in [3.8, 4) is 0 Å². The molecule has 2 heterocycles. The van der Waals surface area contributed by atoms with Gasteiger partial charge in [0.1, 0.15) is 5.60 Å². The minimum atomic E-state index is -3.33. The number of hydrogen-bond donors (Lipinski definition) is 1. The van der Waals surface area contributed by atoms with Crippen LogP contribution in [0.1, 0.15) is 6.92 Å². The van der Waals surface area contributed by atoms with E-state index in [4.69, 9.17) is 4.74 Å². The van der Waals surface area contributed by atoms with Gasteiger partial charge in [-0.05, 0) is 25.7 Å². The topological polar surface area (TPSA) is 79.0 Å². The van der Waals surface area contributed by atoms with Gasteiger partial charge in [-0.3, -0.25) is 0 Å². The van der Waals surface area contributed by atoms with E-state index in [-0.39, 0.29) is 31.1 Å². The summed E-state index contributed by atoms with van der Waals surface area (Å²) in [4.78, 5) is 15.5. The van der Waals surface area contributed by atoms with Crippen molar-refractivity contribution in [1.29, 1.82) is 0 Å². The average Bonchev–Trinajstić information content (AvgIpc) is 2.57. The van der Waals surface area contributed by atoms with Crippen molar-refractivity contribution < 1.29 is 26.7 Å². The van der Waals surface area contributed by atoms with E-state index in [0.29, 0.717) is 6.54 Å². The smallest absolute Gasteiger partial charge is 0.322 e. The second-order valence-electron chi connectivity index (χ2n) is 7.19. The summed E-state index contributed by atoms with van der Waals surface area (Å²) in [7, 11) is -1.48. The second kappa shape index (κ2) is 7.33. The van der Waals surface area contributed by atoms with Crippen LogP contribution in [0.25, 0.3) is 0 Å². The summed E-state index contributed by atoms with van der Waals surface area (Å²) in [6.07, 6.45) is 0. The molecule has 0 radical (unpaired) electrons. The molecule has 1 atom stereocenters. The van der Waals surface area contributed by atoms with Crippen LogP contribution >= 0.6 is 0 Å². The number of urea groups is 1. The third kappa shape index (κ3) is 4.22. The predicted molar refractivity (Wildman–Crippen MR) is 96.4 cm³/mol. The van der Waals surface area contributed by atoms with Gasteiger partial charge in [0, 0.05) is 18.3 Å². The summed E-state index contributed by atoms with van der Waals surface area (Å²) in [5.74, 6) is -2.19. The highest BCUT2D eigenvalue weighted by molar-refractivity contribution is 7.92. The number of sulfone groups is 1. The second-order valence-corrected chi connectivity index (χ2v) is 9.47. The molecule has 0 saturated carbocycles. The number of amides is 2. The first-order chi connectivity index (χ1) is 12.6. The molecule has 2 amide bonds. The fourth-order valence-electron chi connectivity index (χ4n) is 3.29. The number of carbonyl (C=O) groups excluding carboxylic acids is 1. The van der Waals surface area contributed by atoms with Crippen molar-refractivity contribution in [3.05, 3.63) is 29.8 Å². The molecule has 10 heteroatoms. The van der Waals surface area contributed by atoms with Crippen LogP contribution in [-0.2, 0) is 14.6 Å². The Hall–Kier alpha value is -1.78. The molecular formula is C17H23F2N3O4S. The van der Waals surface area contributed by atoms with Crippen molar-refractivity contribution in [3.63, 3.8) is 0 Å². The van der Waals surface area contributed by atoms with Crippen LogP contribution in [0.15, 0.2) is 18.2 Å². The Morgan fingerprint density at radius 2 is 2.07 bits per heavy atom. The molecule has 2 aliphatic rings. The highest BCUT2D eigenvalue weighted by Gasteiger charge is 2.53. The van der Waals surface area contributed by atoms with Gasteiger partial charge in [0.05, 0.1) is 30.7 Å². The fourth-order valence-corrected chi connectivity index (χ4v) is 5.29. The standard InChI is InChI=1S/C17H23F2N3O4S/c1-3-21(2)7-13-8-26-17(11-27(13,24)25)9-22(10-17)16(23)20-12-4-5-14(18)15(19)6-12/h4-6,13H,3,7-11H2,1-2H3,(H,20,23)/t13-/m0/s1. The molecule has 1 aromatic rings. The number of ether oxygens (including phenoxy) is 1. The Balaban J connectivity index is 1.57. The van der Waals surface area contributed by atoms with Crippen LogP contribution in [0, 0.1) is 11.6 Å². The van der Waals surface area contributed by atoms with E-state index >= 15 is 0 Å². The molecule has 27 heavy (non-hydrogen) atoms. The molecule has 0 bridgehead atoms. The number of carbonyl (C=O) groups is 1. The van der Waals surface area contributed by atoms with E-state index < -0.39 is 38.4 Å². The number of likely N-dealkylation sites (tertiary alicyclic amines) is 1. The first-order valence-corrected chi connectivity index (χ1v) is 10.4. The minimum absolute atomic E-state index is 0.102. The van der Waals surface area contributed by atoms with Crippen LogP contribution in [0.5, 0.6) is 0 Å². The highest BCUT2D eigenvalue weighted by atomic mass is 32.2. The molecule has 3 rings (SSSR count). The molecule has 7 nitrogen and oxygen atoms in total. The first kappa shape index (κ1) is 20.0. The summed E-state index contributed by atoms with van der Waals surface area (Å²) in [6, 6.07) is 2.55. The average molecular weight is 403 g/mol. The summed E-state index contributed by atoms with van der Waals surface area (Å²) in [5, 5.41) is 1.89. The van der Waals surface area contributed by atoms with Crippen molar-refractivity contribution in [2.45, 2.75) is 17.8 Å². The van der Waals surface area contributed by atoms with Gasteiger partial charge < -0.3 is 19.9 Å². The Morgan fingerprint density at radius 1 is 1.37 bits per heavy atom. The summed E-state index contributed by atoms with van der Waals surface area (Å²) in [6.45, 7) is 3.49. The lowest BCUT2D eigenvalue weighted by Crippen LogP contribution is -2.71. The zero-order valence-electron chi connectivity index (χ0n) is 15.2. The number of halogens is 2. The van der Waals surface area contributed by atoms with E-state index in [1.807, 2.05) is 18.9 Å². The van der Waals surface area contributed by atoms with E-state index in [1.54, 1.807) is 0 Å². The van der Waals surface area contributed by atoms with Crippen molar-refractivity contribution >= 4 is 21.6 Å². The van der Waals surface area contributed by atoms with E-state index in [1.165, 1.54) is 11.0 Å². The van der Waals surface area contributed by atoms with Crippen LogP contribution in [0.4, 0.5) is 19.3 Å². The zero-order valence-corrected chi connectivity index (χ0v) is 16.1. The quantitative estimate of drug-likeness (QED) is 0.820. The minimum Gasteiger partial charge on any atom is -0.369 e. The number of rotatable bonds is 4. The van der Waals surface area contributed by atoms with Gasteiger partial charge in [-0.1, -0.05) is 6.92 Å². The lowest BCUT2D eigenvalue weighted by molar-refractivity contribution is -0.117. The summed E-state index contributed by atoms with van der Waals surface area (Å²) < 4.78 is 57.1. The Bertz CT molecular complexity index is 827. The Labute approximate surface area is 157 Å². The van der Waals surface area contributed by atoms with Gasteiger partial charge in [-0.2, -0.15) is 0 Å². The van der Waals surface area contributed by atoms with Gasteiger partial charge in [0.15, 0.2) is 21.5 Å². The molecule has 2 saturated heterocycles. The SMILES string of the molecule is CCN(C)C[C@H]1COC2(CN(C(=O)Nc3ccc(F)c(F)c3)C2)CS1(=O)=O. The molecule has 0 aromatic heterocycles. The van der Waals surface area contributed by atoms with Crippen LogP contribution in [0.3, 0.4) is 0 Å². The predicted octanol–water partition coefficient (Wildman–Crippen LogP) is 1.32. The van der Waals surface area contributed by atoms with Gasteiger partial charge in [-0.25, -0.2) is 22.0 Å². The Morgan fingerprint density at radius 3 is 2.67 bits per heavy atom. The normalized spacial score (nSPS) is 23.3. The maximum Gasteiger partial charge on any atom is 0.322 e. The zero-order chi connectivity index (χ0) is 19.8. The van der Waals surface area contributed by atoms with E-state index in [2.05, 4.69) is 5.32 Å². The molecule has 150 valence electrons. The molecule has 1 aromatic carbocycles. The number of nitrogens with one attached hydrogen (secondary N) is 1. The number of hydrogen-bond acceptors (Lipinski definition) is 5. The summed E-state index contributed by atoms with van der Waals surface area (Å²) in [5.41, 5.74) is -0.759. The lowest BCUT2D eigenvalue weighted by atomic mass is 9.96. The number of nitrogens with zero attached hydrogens (tertiary/aromatic N) is 2. The maximum absolute atomic E-state index is 13.2. The third-order valence-corrected chi connectivity index (χ3v) is 7.25. The molecule has 1 spiro atoms. The molecule has 0 unspecified atom stereocenters. The van der Waals surface area contributed by atoms with Gasteiger partial charge in [0.2, 0.25) is 0 Å². The van der Waals surface area contributed by atoms with E-state index in [9.17, 15) is 22.0 Å². The molecule has 2 fully saturated rings. The maximum atomic E-state index is 13.2. The largest absolute Gasteiger partial charge is 0.369 e. The van der Waals surface area contributed by atoms with E-state index in [0.717, 1.165) is 18.7 Å². The van der Waals surface area contributed by atoms with Gasteiger partial charge >= 0.3 is 6.03 Å².